The van der Waals surface area contributed by atoms with Crippen molar-refractivity contribution in [2.75, 3.05) is 38.0 Å². The van der Waals surface area contributed by atoms with Crippen molar-refractivity contribution in [1.29, 1.82) is 0 Å². The molecular formula is C25H25F2N3O3S. The Kier molecular flexibility index (Phi) is 8.86. The number of rotatable bonds is 8. The smallest absolute Gasteiger partial charge is 0.248 e. The van der Waals surface area contributed by atoms with E-state index in [9.17, 15) is 13.6 Å². The molecule has 0 fully saturated rings. The second-order valence-corrected chi connectivity index (χ2v) is 8.06. The van der Waals surface area contributed by atoms with Gasteiger partial charge in [0.15, 0.2) is 16.7 Å². The summed E-state index contributed by atoms with van der Waals surface area (Å²) in [6.07, 6.45) is 0. The maximum absolute atomic E-state index is 14.1. The van der Waals surface area contributed by atoms with Crippen molar-refractivity contribution in [1.82, 2.24) is 0 Å². The van der Waals surface area contributed by atoms with Crippen molar-refractivity contribution in [2.45, 2.75) is 5.75 Å². The van der Waals surface area contributed by atoms with E-state index in [4.69, 9.17) is 9.47 Å². The number of carbonyl (C=O) groups is 1. The lowest BCUT2D eigenvalue weighted by Crippen LogP contribution is -2.29. The van der Waals surface area contributed by atoms with Crippen molar-refractivity contribution in [3.05, 3.63) is 83.9 Å². The number of amidine groups is 1. The molecule has 0 aromatic heterocycles. The number of para-hydroxylation sites is 1. The van der Waals surface area contributed by atoms with Gasteiger partial charge in [0.1, 0.15) is 18.2 Å². The first-order valence-corrected chi connectivity index (χ1v) is 11.3. The molecule has 3 aromatic rings. The Morgan fingerprint density at radius 3 is 2.29 bits per heavy atom. The average Bonchev–Trinajstić information content (AvgIpc) is 2.86. The van der Waals surface area contributed by atoms with Gasteiger partial charge in [-0.3, -0.25) is 9.79 Å². The number of aliphatic imine (C=N–C) groups is 1. The third-order valence-electron chi connectivity index (χ3n) is 4.93. The SMILES string of the molecule is COc1ccc(N(C)C(=O)CN=C(Nc2ccccc2)SCc2c(F)cccc2F)cc1OC. The zero-order valence-electron chi connectivity index (χ0n) is 19.0. The minimum Gasteiger partial charge on any atom is -0.493 e. The predicted octanol–water partition coefficient (Wildman–Crippen LogP) is 5.35. The summed E-state index contributed by atoms with van der Waals surface area (Å²) in [4.78, 5) is 18.7. The van der Waals surface area contributed by atoms with Crippen LogP contribution in [0.1, 0.15) is 5.56 Å². The van der Waals surface area contributed by atoms with E-state index in [2.05, 4.69) is 10.3 Å². The molecule has 1 N–H and O–H groups in total. The van der Waals surface area contributed by atoms with Crippen molar-refractivity contribution in [3.8, 4) is 11.5 Å². The Morgan fingerprint density at radius 2 is 1.65 bits per heavy atom. The molecule has 0 bridgehead atoms. The number of nitrogens with zero attached hydrogens (tertiary/aromatic N) is 2. The Bertz CT molecular complexity index is 1140. The topological polar surface area (TPSA) is 63.2 Å². The number of methoxy groups -OCH3 is 2. The molecule has 0 saturated carbocycles. The molecule has 0 atom stereocenters. The van der Waals surface area contributed by atoms with Crippen molar-refractivity contribution < 1.29 is 23.0 Å². The van der Waals surface area contributed by atoms with Gasteiger partial charge in [-0.25, -0.2) is 8.78 Å². The number of nitrogens with one attached hydrogen (secondary N) is 1. The van der Waals surface area contributed by atoms with Crippen LogP contribution in [0.25, 0.3) is 0 Å². The van der Waals surface area contributed by atoms with E-state index >= 15 is 0 Å². The van der Waals surface area contributed by atoms with E-state index in [1.54, 1.807) is 25.2 Å². The summed E-state index contributed by atoms with van der Waals surface area (Å²) >= 11 is 1.11. The number of hydrogen-bond acceptors (Lipinski definition) is 5. The van der Waals surface area contributed by atoms with Crippen LogP contribution < -0.4 is 19.7 Å². The fourth-order valence-corrected chi connectivity index (χ4v) is 3.90. The van der Waals surface area contributed by atoms with Crippen LogP contribution in [0, 0.1) is 11.6 Å². The van der Waals surface area contributed by atoms with E-state index in [0.717, 1.165) is 17.4 Å². The standard InChI is InChI=1S/C25H25F2N3O3S/c1-30(18-12-13-22(32-2)23(14-18)33-3)24(31)15-28-25(29-17-8-5-4-6-9-17)34-16-19-20(26)10-7-11-21(19)27/h4-14H,15-16H2,1-3H3,(H,28,29). The number of amides is 1. The largest absolute Gasteiger partial charge is 0.493 e. The van der Waals surface area contributed by atoms with E-state index < -0.39 is 11.6 Å². The molecule has 0 aliphatic carbocycles. The highest BCUT2D eigenvalue weighted by Crippen LogP contribution is 2.31. The van der Waals surface area contributed by atoms with Crippen LogP contribution in [0.3, 0.4) is 0 Å². The summed E-state index contributed by atoms with van der Waals surface area (Å²) in [5, 5.41) is 3.48. The van der Waals surface area contributed by atoms with Crippen LogP contribution in [0.4, 0.5) is 20.2 Å². The highest BCUT2D eigenvalue weighted by Gasteiger charge is 2.15. The first-order chi connectivity index (χ1) is 16.4. The Labute approximate surface area is 201 Å². The van der Waals surface area contributed by atoms with Gasteiger partial charge in [0.05, 0.1) is 14.2 Å². The van der Waals surface area contributed by atoms with Crippen LogP contribution in [-0.2, 0) is 10.5 Å². The molecule has 34 heavy (non-hydrogen) atoms. The van der Waals surface area contributed by atoms with Gasteiger partial charge in [0.2, 0.25) is 5.91 Å². The Balaban J connectivity index is 1.76. The third kappa shape index (κ3) is 6.48. The molecule has 0 saturated heterocycles. The number of carbonyl (C=O) groups excluding carboxylic acids is 1. The molecule has 3 aromatic carbocycles. The molecule has 0 aliphatic heterocycles. The van der Waals surface area contributed by atoms with Gasteiger partial charge in [0, 0.05) is 35.8 Å². The molecule has 0 spiro atoms. The van der Waals surface area contributed by atoms with Crippen molar-refractivity contribution in [2.24, 2.45) is 4.99 Å². The van der Waals surface area contributed by atoms with Gasteiger partial charge in [-0.2, -0.15) is 0 Å². The maximum Gasteiger partial charge on any atom is 0.248 e. The summed E-state index contributed by atoms with van der Waals surface area (Å²) in [6.45, 7) is -0.174. The first-order valence-electron chi connectivity index (χ1n) is 10.3. The molecule has 3 rings (SSSR count). The van der Waals surface area contributed by atoms with Crippen molar-refractivity contribution in [3.63, 3.8) is 0 Å². The van der Waals surface area contributed by atoms with Gasteiger partial charge in [-0.05, 0) is 36.4 Å². The lowest BCUT2D eigenvalue weighted by atomic mass is 10.2. The number of halogens is 2. The fraction of sp³-hybridized carbons (Fsp3) is 0.200. The summed E-state index contributed by atoms with van der Waals surface area (Å²) < 4.78 is 38.6. The quantitative estimate of drug-likeness (QED) is 0.344. The predicted molar refractivity (Wildman–Crippen MR) is 133 cm³/mol. The molecule has 1 amide bonds. The average molecular weight is 486 g/mol. The minimum absolute atomic E-state index is 0.0108. The lowest BCUT2D eigenvalue weighted by Gasteiger charge is -2.18. The summed E-state index contributed by atoms with van der Waals surface area (Å²) in [7, 11) is 4.68. The minimum atomic E-state index is -0.629. The number of anilines is 2. The molecule has 6 nitrogen and oxygen atoms in total. The fourth-order valence-electron chi connectivity index (χ4n) is 3.00. The molecule has 0 heterocycles. The number of hydrogen-bond donors (Lipinski definition) is 1. The zero-order chi connectivity index (χ0) is 24.5. The molecule has 0 aliphatic rings. The van der Waals surface area contributed by atoms with Gasteiger partial charge in [-0.1, -0.05) is 36.0 Å². The second kappa shape index (κ2) is 12.0. The van der Waals surface area contributed by atoms with Gasteiger partial charge in [0.25, 0.3) is 0 Å². The molecule has 178 valence electrons. The van der Waals surface area contributed by atoms with Gasteiger partial charge < -0.3 is 19.7 Å². The Morgan fingerprint density at radius 1 is 0.971 bits per heavy atom. The summed E-state index contributed by atoms with van der Waals surface area (Å²) in [6, 6.07) is 18.1. The second-order valence-electron chi connectivity index (χ2n) is 7.09. The highest BCUT2D eigenvalue weighted by molar-refractivity contribution is 8.13. The van der Waals surface area contributed by atoms with Gasteiger partial charge in [-0.15, -0.1) is 0 Å². The number of benzene rings is 3. The third-order valence-corrected chi connectivity index (χ3v) is 5.86. The summed E-state index contributed by atoms with van der Waals surface area (Å²) in [5.41, 5.74) is 1.30. The number of ether oxygens (including phenoxy) is 2. The van der Waals surface area contributed by atoms with Crippen LogP contribution in [0.5, 0.6) is 11.5 Å². The lowest BCUT2D eigenvalue weighted by molar-refractivity contribution is -0.116. The van der Waals surface area contributed by atoms with E-state index in [1.165, 1.54) is 37.3 Å². The molecular weight excluding hydrogens is 460 g/mol. The Hall–Kier alpha value is -3.59. The van der Waals surface area contributed by atoms with Crippen LogP contribution in [0.15, 0.2) is 71.7 Å². The van der Waals surface area contributed by atoms with Crippen LogP contribution >= 0.6 is 11.8 Å². The number of likely N-dealkylation sites (N-methyl/N-ethyl adjacent to an activating group) is 1. The zero-order valence-corrected chi connectivity index (χ0v) is 19.9. The maximum atomic E-state index is 14.1. The monoisotopic (exact) mass is 485 g/mol. The normalized spacial score (nSPS) is 11.1. The van der Waals surface area contributed by atoms with Crippen LogP contribution in [-0.4, -0.2) is 38.9 Å². The van der Waals surface area contributed by atoms with E-state index in [1.807, 2.05) is 30.3 Å². The summed E-state index contributed by atoms with van der Waals surface area (Å²) in [5.74, 6) is -0.478. The first kappa shape index (κ1) is 25.0. The highest BCUT2D eigenvalue weighted by atomic mass is 32.2. The molecule has 0 radical (unpaired) electrons. The number of thioether (sulfide) groups is 1. The van der Waals surface area contributed by atoms with Gasteiger partial charge >= 0.3 is 0 Å². The van der Waals surface area contributed by atoms with E-state index in [0.29, 0.717) is 22.4 Å². The molecule has 0 unspecified atom stereocenters. The molecule has 9 heteroatoms. The van der Waals surface area contributed by atoms with Crippen molar-refractivity contribution >= 4 is 34.2 Å². The van der Waals surface area contributed by atoms with Crippen LogP contribution in [0.2, 0.25) is 0 Å². The van der Waals surface area contributed by atoms with E-state index in [-0.39, 0.29) is 23.8 Å².